The molecule has 2 amide bonds. The van der Waals surface area contributed by atoms with E-state index in [0.29, 0.717) is 76.3 Å². The van der Waals surface area contributed by atoms with E-state index in [9.17, 15) is 52.7 Å². The van der Waals surface area contributed by atoms with Gasteiger partial charge < -0.3 is 49.3 Å². The fraction of sp³-hybridized carbons (Fsp3) is 0.774. The fourth-order valence-corrected chi connectivity index (χ4v) is 12.3. The Morgan fingerprint density at radius 1 is 0.945 bits per heavy atom. The van der Waals surface area contributed by atoms with Crippen LogP contribution in [0.2, 0.25) is 0 Å². The topological polar surface area (TPSA) is 231 Å². The maximum Gasteiger partial charge on any atom is 0.423 e. The van der Waals surface area contributed by atoms with Crippen LogP contribution in [0.25, 0.3) is 0 Å². The van der Waals surface area contributed by atoms with Crippen molar-refractivity contribution in [1.82, 2.24) is 5.32 Å². The molecule has 6 unspecified atom stereocenters. The number of anilines is 1. The highest BCUT2D eigenvalue weighted by Crippen LogP contribution is 2.55. The monoisotopic (exact) mass is 1040 g/mol. The van der Waals surface area contributed by atoms with Crippen LogP contribution in [0.3, 0.4) is 0 Å². The number of nitrogens with one attached hydrogen (secondary N) is 2. The molecule has 0 aliphatic carbocycles. The molecule has 5 aliphatic heterocycles. The number of nitro groups is 1. The Kier molecular flexibility index (Phi) is 18.1. The predicted octanol–water partition coefficient (Wildman–Crippen LogP) is 8.36. The average molecular weight is 1040 g/mol. The van der Waals surface area contributed by atoms with Crippen LogP contribution in [-0.4, -0.2) is 111 Å². The summed E-state index contributed by atoms with van der Waals surface area (Å²) in [6, 6.07) is 2.08. The number of hydrogen-bond acceptors (Lipinski definition) is 14. The number of amides is 2. The maximum absolute atomic E-state index is 14.8. The highest BCUT2D eigenvalue weighted by Gasteiger charge is 2.64. The molecule has 0 bridgehead atoms. The van der Waals surface area contributed by atoms with Crippen LogP contribution in [0.15, 0.2) is 30.4 Å². The van der Waals surface area contributed by atoms with Crippen molar-refractivity contribution in [1.29, 1.82) is 0 Å². The molecule has 5 aliphatic rings. The Balaban J connectivity index is 1.12. The van der Waals surface area contributed by atoms with E-state index in [4.69, 9.17) is 28.4 Å². The minimum Gasteiger partial charge on any atom is -0.453 e. The van der Waals surface area contributed by atoms with Crippen molar-refractivity contribution in [3.8, 4) is 0 Å². The molecule has 0 aromatic heterocycles. The van der Waals surface area contributed by atoms with Crippen LogP contribution < -0.4 is 10.6 Å². The van der Waals surface area contributed by atoms with E-state index in [-0.39, 0.29) is 35.3 Å². The first-order chi connectivity index (χ1) is 34.1. The van der Waals surface area contributed by atoms with Crippen LogP contribution in [0.5, 0.6) is 0 Å². The lowest BCUT2D eigenvalue weighted by atomic mass is 9.72. The summed E-state index contributed by atoms with van der Waals surface area (Å²) < 4.78 is 80.6. The lowest BCUT2D eigenvalue weighted by Gasteiger charge is -2.54. The second kappa shape index (κ2) is 22.7. The van der Waals surface area contributed by atoms with E-state index in [0.717, 1.165) is 6.07 Å². The number of halogens is 3. The number of carbonyl (C=O) groups excluding carboxylic acids is 4. The van der Waals surface area contributed by atoms with Crippen molar-refractivity contribution < 1.29 is 75.9 Å². The first-order valence-electron chi connectivity index (χ1n) is 26.2. The van der Waals surface area contributed by atoms with Crippen molar-refractivity contribution in [3.05, 3.63) is 46.0 Å². The van der Waals surface area contributed by atoms with E-state index in [2.05, 4.69) is 10.6 Å². The van der Waals surface area contributed by atoms with Crippen LogP contribution in [0, 0.1) is 51.5 Å². The zero-order chi connectivity index (χ0) is 54.2. The molecule has 4 fully saturated rings. The molecule has 6 rings (SSSR count). The highest BCUT2D eigenvalue weighted by atomic mass is 19.4. The Morgan fingerprint density at radius 2 is 1.63 bits per heavy atom. The van der Waals surface area contributed by atoms with Crippen LogP contribution in [0.4, 0.5) is 24.5 Å². The molecule has 5 heterocycles. The van der Waals surface area contributed by atoms with Crippen molar-refractivity contribution >= 4 is 34.9 Å². The van der Waals surface area contributed by atoms with Gasteiger partial charge in [-0.05, 0) is 108 Å². The van der Waals surface area contributed by atoms with Gasteiger partial charge in [-0.3, -0.25) is 29.3 Å². The molecule has 4 N–H and O–H groups in total. The number of esters is 1. The number of alkyl halides is 3. The number of Topliss-reactive ketones (excluding diaryl/α,β-unsaturated/α-hetero) is 1. The summed E-state index contributed by atoms with van der Waals surface area (Å²) in [5.74, 6) is -8.10. The van der Waals surface area contributed by atoms with Crippen LogP contribution in [0.1, 0.15) is 146 Å². The van der Waals surface area contributed by atoms with Gasteiger partial charge in [-0.15, -0.1) is 0 Å². The molecule has 4 saturated heterocycles. The number of benzene rings is 1. The van der Waals surface area contributed by atoms with Gasteiger partial charge in [0.15, 0.2) is 11.9 Å². The number of ketones is 1. The third kappa shape index (κ3) is 12.2. The van der Waals surface area contributed by atoms with E-state index in [1.54, 1.807) is 26.0 Å². The quantitative estimate of drug-likeness (QED) is 0.0497. The highest BCUT2D eigenvalue weighted by molar-refractivity contribution is 5.95. The molecule has 0 saturated carbocycles. The van der Waals surface area contributed by atoms with Crippen LogP contribution >= 0.6 is 0 Å². The molecule has 20 heteroatoms. The number of hydrogen-bond donors (Lipinski definition) is 4. The largest absolute Gasteiger partial charge is 0.453 e. The number of carbonyl (C=O) groups is 4. The molecule has 410 valence electrons. The minimum absolute atomic E-state index is 0.0615. The molecular weight excluding hydrogens is 960 g/mol. The van der Waals surface area contributed by atoms with Gasteiger partial charge in [0.2, 0.25) is 17.6 Å². The zero-order valence-electron chi connectivity index (χ0n) is 44.1. The standard InChI is InChI=1S/C53H78F3N3O14/c1-12-36(48(64)57-27-43(61)58-35-16-17-39(59(66)67)38(26-35)53(54,55)56)40-18-15-28(4)46(70-40)32(8)44(62)31(7)45(63)37(13-2)47-29(5)25-30(6)51(71-47)22-20-42(69-34(10)60)52(73-51)24-23-49(11,72-52)41-19-21-50(65,14-3)33(9)68-41/h16-17,20,22,26,28-33,36-37,40-42,44,46-47,62,65H,12-15,18-19,21,23-25,27H2,1-11H3,(H,57,64)(H,58,61)/t28-,29?,30?,31-,32?,33?,36?,37-,40+,41+,42+,44?,46+,47-,49-,50+,51-,52-/m0/s1. The number of rotatable bonds is 17. The van der Waals surface area contributed by atoms with Crippen molar-refractivity contribution in [3.63, 3.8) is 0 Å². The van der Waals surface area contributed by atoms with Gasteiger partial charge >= 0.3 is 12.1 Å². The lowest BCUT2D eigenvalue weighted by molar-refractivity contribution is -0.409. The average Bonchev–Trinajstić information content (AvgIpc) is 3.67. The Morgan fingerprint density at radius 3 is 2.23 bits per heavy atom. The van der Waals surface area contributed by atoms with Crippen molar-refractivity contribution in [2.24, 2.45) is 41.4 Å². The predicted molar refractivity (Wildman–Crippen MR) is 260 cm³/mol. The normalized spacial score (nSPS) is 36.7. The van der Waals surface area contributed by atoms with E-state index >= 15 is 0 Å². The lowest BCUT2D eigenvalue weighted by Crippen LogP contribution is -2.63. The smallest absolute Gasteiger partial charge is 0.423 e. The molecule has 1 aromatic carbocycles. The van der Waals surface area contributed by atoms with E-state index < -0.39 is 130 Å². The number of aliphatic hydroxyl groups excluding tert-OH is 1. The van der Waals surface area contributed by atoms with Crippen molar-refractivity contribution in [2.45, 2.75) is 212 Å². The van der Waals surface area contributed by atoms with Crippen LogP contribution in [-0.2, 0) is 53.8 Å². The Labute approximate surface area is 426 Å². The molecule has 17 nitrogen and oxygen atoms in total. The van der Waals surface area contributed by atoms with Gasteiger partial charge in [0.25, 0.3) is 5.69 Å². The van der Waals surface area contributed by atoms with E-state index in [1.807, 2.05) is 55.4 Å². The molecule has 73 heavy (non-hydrogen) atoms. The summed E-state index contributed by atoms with van der Waals surface area (Å²) in [6.45, 7) is 19.8. The number of aliphatic hydroxyl groups is 2. The minimum atomic E-state index is -5.05. The number of ether oxygens (including phenoxy) is 6. The summed E-state index contributed by atoms with van der Waals surface area (Å²) >= 11 is 0. The van der Waals surface area contributed by atoms with E-state index in [1.165, 1.54) is 6.92 Å². The molecular formula is C53H78F3N3O14. The zero-order valence-corrected chi connectivity index (χ0v) is 44.1. The van der Waals surface area contributed by atoms with Gasteiger partial charge in [0.1, 0.15) is 11.3 Å². The molecule has 2 spiro atoms. The first-order valence-corrected chi connectivity index (χ1v) is 26.2. The third-order valence-corrected chi connectivity index (χ3v) is 16.9. The van der Waals surface area contributed by atoms with Gasteiger partial charge in [0.05, 0.1) is 65.2 Å². The summed E-state index contributed by atoms with van der Waals surface area (Å²) in [5, 5.41) is 39.2. The third-order valence-electron chi connectivity index (χ3n) is 16.9. The second-order valence-electron chi connectivity index (χ2n) is 21.9. The summed E-state index contributed by atoms with van der Waals surface area (Å²) in [6.07, 6.45) is -1.24. The molecule has 0 radical (unpaired) electrons. The second-order valence-corrected chi connectivity index (χ2v) is 21.9. The van der Waals surface area contributed by atoms with Gasteiger partial charge in [0, 0.05) is 48.8 Å². The SMILES string of the molecule is CCC(C(=O)NCC(=O)Nc1ccc([N+](=O)[O-])c(C(F)(F)F)c1)[C@H]1CC[C@H](C)[C@H](C(C)C(O)[C@H](C)C(=O)[C@H](CC)[C@H]2O[C@]3(C=C[C@@H](OC(C)=O)[C@]4(CC[C@@](C)([C@H]5CC[C@](O)(CC)C(C)O5)O4)O3)C(C)CC2C)O1. The number of nitrogens with zero attached hydrogens (tertiary/aromatic N) is 1. The molecule has 18 atom stereocenters. The van der Waals surface area contributed by atoms with Gasteiger partial charge in [-0.1, -0.05) is 55.4 Å². The summed E-state index contributed by atoms with van der Waals surface area (Å²) in [4.78, 5) is 63.6. The van der Waals surface area contributed by atoms with Crippen molar-refractivity contribution in [2.75, 3.05) is 11.9 Å². The summed E-state index contributed by atoms with van der Waals surface area (Å²) in [5.41, 5.74) is -4.84. The maximum atomic E-state index is 14.8. The Hall–Kier alpha value is -4.05. The van der Waals surface area contributed by atoms with Gasteiger partial charge in [-0.25, -0.2) is 0 Å². The number of nitro benzene ring substituents is 1. The van der Waals surface area contributed by atoms with Gasteiger partial charge in [-0.2, -0.15) is 13.2 Å². The molecule has 1 aromatic rings. The summed E-state index contributed by atoms with van der Waals surface area (Å²) in [7, 11) is 0. The fourth-order valence-electron chi connectivity index (χ4n) is 12.3. The first kappa shape index (κ1) is 58.2. The Bertz CT molecular complexity index is 2220.